The average molecular weight is 573 g/mol. The second kappa shape index (κ2) is 11.7. The maximum atomic E-state index is 13.6. The first kappa shape index (κ1) is 27.5. The Labute approximate surface area is 247 Å². The number of aromatic nitrogens is 1. The molecule has 0 saturated carbocycles. The lowest BCUT2D eigenvalue weighted by molar-refractivity contribution is -0.384. The molecule has 214 valence electrons. The van der Waals surface area contributed by atoms with Crippen LogP contribution in [0.5, 0.6) is 11.5 Å². The van der Waals surface area contributed by atoms with Crippen LogP contribution in [-0.2, 0) is 17.9 Å². The Kier molecular flexibility index (Phi) is 7.49. The van der Waals surface area contributed by atoms with E-state index < -0.39 is 10.9 Å². The summed E-state index contributed by atoms with van der Waals surface area (Å²) in [4.78, 5) is 25.8. The molecule has 0 unspecified atom stereocenters. The van der Waals surface area contributed by atoms with Crippen molar-refractivity contribution in [1.82, 2.24) is 4.57 Å². The third-order valence-electron chi connectivity index (χ3n) is 7.50. The van der Waals surface area contributed by atoms with E-state index in [9.17, 15) is 14.9 Å². The molecule has 0 atom stereocenters. The summed E-state index contributed by atoms with van der Waals surface area (Å²) in [6, 6.07) is 33.8. The summed E-state index contributed by atoms with van der Waals surface area (Å²) in [5.41, 5.74) is 3.90. The number of ether oxygens (including phenoxy) is 3. The second-order valence-electron chi connectivity index (χ2n) is 10.0. The van der Waals surface area contributed by atoms with Gasteiger partial charge in [0.2, 0.25) is 0 Å². The Morgan fingerprint density at radius 3 is 2.14 bits per heavy atom. The van der Waals surface area contributed by atoms with Crippen molar-refractivity contribution in [2.45, 2.75) is 13.2 Å². The Morgan fingerprint density at radius 2 is 1.47 bits per heavy atom. The largest absolute Gasteiger partial charge is 0.493 e. The minimum Gasteiger partial charge on any atom is -0.493 e. The van der Waals surface area contributed by atoms with E-state index in [1.165, 1.54) is 14.2 Å². The van der Waals surface area contributed by atoms with Gasteiger partial charge in [-0.1, -0.05) is 84.9 Å². The third kappa shape index (κ3) is 5.15. The SMILES string of the molecule is COC(=O)c1c(-c2ccc(OCc3ccccc3)c(OC)c2)c([N+](=O)[O-])cc2c1c1ccccc1n2Cc1ccccc1. The van der Waals surface area contributed by atoms with Gasteiger partial charge in [-0.3, -0.25) is 10.1 Å². The molecule has 0 saturated heterocycles. The number of nitro groups is 1. The normalized spacial score (nSPS) is 11.0. The summed E-state index contributed by atoms with van der Waals surface area (Å²) in [6.07, 6.45) is 0. The third-order valence-corrected chi connectivity index (χ3v) is 7.50. The lowest BCUT2D eigenvalue weighted by Crippen LogP contribution is -2.08. The molecular formula is C35H28N2O6. The monoisotopic (exact) mass is 572 g/mol. The number of carbonyl (C=O) groups is 1. The number of nitrogens with zero attached hydrogens (tertiary/aromatic N) is 2. The van der Waals surface area contributed by atoms with E-state index in [1.807, 2.05) is 89.5 Å². The number of benzene rings is 5. The van der Waals surface area contributed by atoms with Gasteiger partial charge in [0.05, 0.1) is 35.8 Å². The standard InChI is InChI=1S/C35H28N2O6/c1-41-31-19-25(17-18-30(31)43-22-24-13-7-4-8-14-24)32-29(37(39)40)20-28-33(34(32)35(38)42-2)26-15-9-10-16-27(26)36(28)21-23-11-5-3-6-12-23/h3-20H,21-22H2,1-2H3. The van der Waals surface area contributed by atoms with Gasteiger partial charge in [-0.05, 0) is 34.9 Å². The fourth-order valence-electron chi connectivity index (χ4n) is 5.55. The maximum Gasteiger partial charge on any atom is 0.339 e. The van der Waals surface area contributed by atoms with E-state index >= 15 is 0 Å². The summed E-state index contributed by atoms with van der Waals surface area (Å²) >= 11 is 0. The van der Waals surface area contributed by atoms with Crippen LogP contribution in [0, 0.1) is 10.1 Å². The molecule has 0 bridgehead atoms. The van der Waals surface area contributed by atoms with Gasteiger partial charge in [0.1, 0.15) is 6.61 Å². The van der Waals surface area contributed by atoms with Gasteiger partial charge >= 0.3 is 5.97 Å². The zero-order valence-electron chi connectivity index (χ0n) is 23.7. The van der Waals surface area contributed by atoms with Crippen LogP contribution in [0.1, 0.15) is 21.5 Å². The highest BCUT2D eigenvalue weighted by Crippen LogP contribution is 2.45. The second-order valence-corrected chi connectivity index (χ2v) is 10.0. The summed E-state index contributed by atoms with van der Waals surface area (Å²) in [5, 5.41) is 14.0. The predicted octanol–water partition coefficient (Wildman–Crippen LogP) is 7.79. The highest BCUT2D eigenvalue weighted by Gasteiger charge is 2.31. The minimum absolute atomic E-state index is 0.120. The van der Waals surface area contributed by atoms with Crippen LogP contribution in [0.4, 0.5) is 5.69 Å². The van der Waals surface area contributed by atoms with Crippen LogP contribution in [0.25, 0.3) is 32.9 Å². The Balaban J connectivity index is 1.59. The molecule has 8 heteroatoms. The van der Waals surface area contributed by atoms with Crippen LogP contribution >= 0.6 is 0 Å². The molecule has 1 aromatic heterocycles. The van der Waals surface area contributed by atoms with Crippen molar-refractivity contribution in [3.05, 3.63) is 136 Å². The van der Waals surface area contributed by atoms with Gasteiger partial charge in [-0.2, -0.15) is 0 Å². The molecule has 0 aliphatic rings. The predicted molar refractivity (Wildman–Crippen MR) is 166 cm³/mol. The van der Waals surface area contributed by atoms with Crippen molar-refractivity contribution in [1.29, 1.82) is 0 Å². The molecule has 0 aliphatic carbocycles. The number of rotatable bonds is 9. The van der Waals surface area contributed by atoms with E-state index in [0.717, 1.165) is 22.0 Å². The number of nitro benzene ring substituents is 1. The summed E-state index contributed by atoms with van der Waals surface area (Å²) in [7, 11) is 2.78. The van der Waals surface area contributed by atoms with E-state index in [1.54, 1.807) is 24.3 Å². The first-order valence-electron chi connectivity index (χ1n) is 13.7. The number of hydrogen-bond donors (Lipinski definition) is 0. The molecular weight excluding hydrogens is 544 g/mol. The Morgan fingerprint density at radius 1 is 0.791 bits per heavy atom. The lowest BCUT2D eigenvalue weighted by atomic mass is 9.93. The van der Waals surface area contributed by atoms with Gasteiger partial charge < -0.3 is 18.8 Å². The van der Waals surface area contributed by atoms with Gasteiger partial charge in [0.25, 0.3) is 5.69 Å². The fourth-order valence-corrected chi connectivity index (χ4v) is 5.55. The zero-order valence-corrected chi connectivity index (χ0v) is 23.7. The quantitative estimate of drug-likeness (QED) is 0.0997. The smallest absolute Gasteiger partial charge is 0.339 e. The topological polar surface area (TPSA) is 92.8 Å². The summed E-state index contributed by atoms with van der Waals surface area (Å²) in [5.74, 6) is 0.178. The highest BCUT2D eigenvalue weighted by molar-refractivity contribution is 6.21. The van der Waals surface area contributed by atoms with E-state index in [0.29, 0.717) is 41.1 Å². The van der Waals surface area contributed by atoms with Gasteiger partial charge in [0, 0.05) is 28.9 Å². The van der Waals surface area contributed by atoms with Crippen LogP contribution in [0.3, 0.4) is 0 Å². The summed E-state index contributed by atoms with van der Waals surface area (Å²) < 4.78 is 18.9. The molecule has 1 heterocycles. The van der Waals surface area contributed by atoms with Crippen molar-refractivity contribution >= 4 is 33.5 Å². The molecule has 43 heavy (non-hydrogen) atoms. The molecule has 6 aromatic rings. The van der Waals surface area contributed by atoms with Crippen LogP contribution in [0.15, 0.2) is 109 Å². The molecule has 0 radical (unpaired) electrons. The molecule has 0 amide bonds. The minimum atomic E-state index is -0.672. The van der Waals surface area contributed by atoms with Crippen molar-refractivity contribution in [3.63, 3.8) is 0 Å². The lowest BCUT2D eigenvalue weighted by Gasteiger charge is -2.15. The molecule has 0 fully saturated rings. The van der Waals surface area contributed by atoms with E-state index in [4.69, 9.17) is 14.2 Å². The van der Waals surface area contributed by atoms with Gasteiger partial charge in [-0.15, -0.1) is 0 Å². The average Bonchev–Trinajstić information content (AvgIpc) is 3.36. The van der Waals surface area contributed by atoms with Crippen LogP contribution < -0.4 is 9.47 Å². The molecule has 0 spiro atoms. The first-order valence-corrected chi connectivity index (χ1v) is 13.7. The van der Waals surface area contributed by atoms with Gasteiger partial charge in [0.15, 0.2) is 11.5 Å². The molecule has 0 N–H and O–H groups in total. The Bertz CT molecular complexity index is 1970. The van der Waals surface area contributed by atoms with E-state index in [2.05, 4.69) is 0 Å². The number of fused-ring (bicyclic) bond motifs is 3. The maximum absolute atomic E-state index is 13.6. The van der Waals surface area contributed by atoms with Crippen LogP contribution in [0.2, 0.25) is 0 Å². The molecule has 8 nitrogen and oxygen atoms in total. The molecule has 5 aromatic carbocycles. The van der Waals surface area contributed by atoms with Crippen molar-refractivity contribution in [2.75, 3.05) is 14.2 Å². The number of para-hydroxylation sites is 1. The first-order chi connectivity index (χ1) is 21.0. The van der Waals surface area contributed by atoms with Crippen molar-refractivity contribution < 1.29 is 23.9 Å². The van der Waals surface area contributed by atoms with Gasteiger partial charge in [-0.25, -0.2) is 4.79 Å². The number of carbonyl (C=O) groups excluding carboxylic acids is 1. The fraction of sp³-hybridized carbons (Fsp3) is 0.114. The zero-order chi connectivity index (χ0) is 29.9. The van der Waals surface area contributed by atoms with E-state index in [-0.39, 0.29) is 16.8 Å². The summed E-state index contributed by atoms with van der Waals surface area (Å²) in [6.45, 7) is 0.778. The molecule has 0 aliphatic heterocycles. The van der Waals surface area contributed by atoms with Crippen molar-refractivity contribution in [2.24, 2.45) is 0 Å². The Hall–Kier alpha value is -5.63. The number of esters is 1. The van der Waals surface area contributed by atoms with Crippen LogP contribution in [-0.4, -0.2) is 29.7 Å². The number of hydrogen-bond acceptors (Lipinski definition) is 6. The van der Waals surface area contributed by atoms with Crippen molar-refractivity contribution in [3.8, 4) is 22.6 Å². The highest BCUT2D eigenvalue weighted by atomic mass is 16.6. The molecule has 6 rings (SSSR count). The number of methoxy groups -OCH3 is 2.